The van der Waals surface area contributed by atoms with E-state index in [9.17, 15) is 0 Å². The molecule has 2 rings (SSSR count). The van der Waals surface area contributed by atoms with Crippen LogP contribution >= 0.6 is 0 Å². The SMILES string of the molecule is CCC1CCC(C(Cc2ncnn2CC(C)C)NC)C1. The van der Waals surface area contributed by atoms with Crippen molar-refractivity contribution in [3.8, 4) is 0 Å². The largest absolute Gasteiger partial charge is 0.316 e. The van der Waals surface area contributed by atoms with E-state index in [-0.39, 0.29) is 0 Å². The number of nitrogens with one attached hydrogen (secondary N) is 1. The molecule has 4 heteroatoms. The summed E-state index contributed by atoms with van der Waals surface area (Å²) in [7, 11) is 2.09. The van der Waals surface area contributed by atoms with Gasteiger partial charge in [-0.3, -0.25) is 0 Å². The Hall–Kier alpha value is -0.900. The van der Waals surface area contributed by atoms with E-state index in [0.29, 0.717) is 12.0 Å². The summed E-state index contributed by atoms with van der Waals surface area (Å²) in [5, 5.41) is 7.91. The van der Waals surface area contributed by atoms with E-state index in [1.807, 2.05) is 0 Å². The molecule has 114 valence electrons. The van der Waals surface area contributed by atoms with Crippen LogP contribution in [0.5, 0.6) is 0 Å². The first kappa shape index (κ1) is 15.5. The van der Waals surface area contributed by atoms with Crippen molar-refractivity contribution in [1.29, 1.82) is 0 Å². The van der Waals surface area contributed by atoms with Gasteiger partial charge >= 0.3 is 0 Å². The predicted molar refractivity (Wildman–Crippen MR) is 82.5 cm³/mol. The first-order valence-electron chi connectivity index (χ1n) is 8.17. The van der Waals surface area contributed by atoms with E-state index in [2.05, 4.69) is 47.9 Å². The fraction of sp³-hybridized carbons (Fsp3) is 0.875. The highest BCUT2D eigenvalue weighted by atomic mass is 15.3. The molecule has 3 unspecified atom stereocenters. The van der Waals surface area contributed by atoms with Crippen LogP contribution in [0.25, 0.3) is 0 Å². The first-order valence-corrected chi connectivity index (χ1v) is 8.17. The zero-order valence-electron chi connectivity index (χ0n) is 13.5. The molecule has 1 aliphatic rings. The fourth-order valence-electron chi connectivity index (χ4n) is 3.50. The van der Waals surface area contributed by atoms with E-state index in [1.165, 1.54) is 25.7 Å². The van der Waals surface area contributed by atoms with E-state index >= 15 is 0 Å². The molecule has 4 nitrogen and oxygen atoms in total. The van der Waals surface area contributed by atoms with Gasteiger partial charge in [0.2, 0.25) is 0 Å². The second-order valence-electron chi connectivity index (χ2n) is 6.70. The normalized spacial score (nSPS) is 24.4. The predicted octanol–water partition coefficient (Wildman–Crippen LogP) is 2.89. The van der Waals surface area contributed by atoms with Crippen LogP contribution in [0.15, 0.2) is 6.33 Å². The van der Waals surface area contributed by atoms with E-state index < -0.39 is 0 Å². The average molecular weight is 278 g/mol. The maximum Gasteiger partial charge on any atom is 0.138 e. The minimum atomic E-state index is 0.543. The summed E-state index contributed by atoms with van der Waals surface area (Å²) in [5.41, 5.74) is 0. The number of aromatic nitrogens is 3. The third kappa shape index (κ3) is 3.81. The van der Waals surface area contributed by atoms with Gasteiger partial charge in [-0.05, 0) is 37.6 Å². The Labute approximate surface area is 123 Å². The third-order valence-corrected chi connectivity index (χ3v) is 4.74. The van der Waals surface area contributed by atoms with Crippen molar-refractivity contribution in [2.75, 3.05) is 7.05 Å². The molecule has 0 aromatic carbocycles. The van der Waals surface area contributed by atoms with Gasteiger partial charge in [0.05, 0.1) is 0 Å². The minimum absolute atomic E-state index is 0.543. The summed E-state index contributed by atoms with van der Waals surface area (Å²) in [5.74, 6) is 3.48. The lowest BCUT2D eigenvalue weighted by molar-refractivity contribution is 0.348. The van der Waals surface area contributed by atoms with Crippen molar-refractivity contribution in [2.45, 2.75) is 65.5 Å². The zero-order valence-corrected chi connectivity index (χ0v) is 13.5. The van der Waals surface area contributed by atoms with Crippen LogP contribution in [0.1, 0.15) is 52.3 Å². The van der Waals surface area contributed by atoms with Crippen LogP contribution in [0.4, 0.5) is 0 Å². The average Bonchev–Trinajstić information content (AvgIpc) is 3.04. The van der Waals surface area contributed by atoms with Gasteiger partial charge in [-0.2, -0.15) is 5.10 Å². The summed E-state index contributed by atoms with van der Waals surface area (Å²) in [6.07, 6.45) is 8.18. The lowest BCUT2D eigenvalue weighted by Gasteiger charge is -2.23. The van der Waals surface area contributed by atoms with Gasteiger partial charge in [0, 0.05) is 19.0 Å². The Bertz CT molecular complexity index is 399. The van der Waals surface area contributed by atoms with E-state index in [4.69, 9.17) is 0 Å². The molecule has 3 atom stereocenters. The number of nitrogens with zero attached hydrogens (tertiary/aromatic N) is 3. The summed E-state index contributed by atoms with van der Waals surface area (Å²) in [6, 6.07) is 0.543. The summed E-state index contributed by atoms with van der Waals surface area (Å²) in [4.78, 5) is 4.48. The molecule has 0 radical (unpaired) electrons. The van der Waals surface area contributed by atoms with Crippen LogP contribution in [0, 0.1) is 17.8 Å². The molecule has 0 bridgehead atoms. The van der Waals surface area contributed by atoms with Crippen molar-refractivity contribution in [2.24, 2.45) is 17.8 Å². The fourth-order valence-corrected chi connectivity index (χ4v) is 3.50. The zero-order chi connectivity index (χ0) is 14.5. The molecule has 0 saturated heterocycles. The Balaban J connectivity index is 1.98. The van der Waals surface area contributed by atoms with Crippen LogP contribution in [-0.4, -0.2) is 27.9 Å². The summed E-state index contributed by atoms with van der Waals surface area (Å²) >= 11 is 0. The number of likely N-dealkylation sites (N-methyl/N-ethyl adjacent to an activating group) is 1. The second kappa shape index (κ2) is 7.21. The molecular formula is C16H30N4. The monoisotopic (exact) mass is 278 g/mol. The summed E-state index contributed by atoms with van der Waals surface area (Å²) in [6.45, 7) is 7.74. The van der Waals surface area contributed by atoms with Gasteiger partial charge in [0.25, 0.3) is 0 Å². The van der Waals surface area contributed by atoms with Gasteiger partial charge in [-0.1, -0.05) is 33.6 Å². The van der Waals surface area contributed by atoms with Gasteiger partial charge in [0.15, 0.2) is 0 Å². The third-order valence-electron chi connectivity index (χ3n) is 4.74. The van der Waals surface area contributed by atoms with Crippen molar-refractivity contribution in [3.05, 3.63) is 12.2 Å². The highest BCUT2D eigenvalue weighted by Gasteiger charge is 2.30. The number of rotatable bonds is 7. The van der Waals surface area contributed by atoms with Gasteiger partial charge in [-0.15, -0.1) is 0 Å². The molecule has 1 heterocycles. The van der Waals surface area contributed by atoms with Gasteiger partial charge in [-0.25, -0.2) is 9.67 Å². The highest BCUT2D eigenvalue weighted by Crippen LogP contribution is 2.35. The molecule has 0 amide bonds. The molecule has 1 saturated carbocycles. The molecule has 1 aliphatic carbocycles. The Morgan fingerprint density at radius 3 is 2.80 bits per heavy atom. The molecular weight excluding hydrogens is 248 g/mol. The molecule has 1 N–H and O–H groups in total. The minimum Gasteiger partial charge on any atom is -0.316 e. The molecule has 0 aliphatic heterocycles. The van der Waals surface area contributed by atoms with Crippen molar-refractivity contribution >= 4 is 0 Å². The van der Waals surface area contributed by atoms with E-state index in [1.54, 1.807) is 6.33 Å². The van der Waals surface area contributed by atoms with Crippen molar-refractivity contribution < 1.29 is 0 Å². The Morgan fingerprint density at radius 1 is 1.40 bits per heavy atom. The number of hydrogen-bond acceptors (Lipinski definition) is 3. The van der Waals surface area contributed by atoms with Crippen LogP contribution in [0.3, 0.4) is 0 Å². The molecule has 0 spiro atoms. The number of hydrogen-bond donors (Lipinski definition) is 1. The van der Waals surface area contributed by atoms with Crippen LogP contribution in [-0.2, 0) is 13.0 Å². The Morgan fingerprint density at radius 2 is 2.20 bits per heavy atom. The molecule has 20 heavy (non-hydrogen) atoms. The summed E-state index contributed by atoms with van der Waals surface area (Å²) < 4.78 is 2.08. The standard InChI is InChI=1S/C16H30N4/c1-5-13-6-7-14(8-13)15(17-4)9-16-18-11-19-20(16)10-12(2)3/h11-15,17H,5-10H2,1-4H3. The van der Waals surface area contributed by atoms with Gasteiger partial charge in [0.1, 0.15) is 12.2 Å². The Kier molecular flexibility index (Phi) is 5.58. The van der Waals surface area contributed by atoms with Crippen molar-refractivity contribution in [3.63, 3.8) is 0 Å². The maximum absolute atomic E-state index is 4.48. The maximum atomic E-state index is 4.48. The molecule has 1 aromatic rings. The smallest absolute Gasteiger partial charge is 0.138 e. The lowest BCUT2D eigenvalue weighted by Crippen LogP contribution is -2.35. The topological polar surface area (TPSA) is 42.7 Å². The molecule has 1 fully saturated rings. The quantitative estimate of drug-likeness (QED) is 0.834. The van der Waals surface area contributed by atoms with E-state index in [0.717, 1.165) is 30.6 Å². The van der Waals surface area contributed by atoms with Crippen LogP contribution in [0.2, 0.25) is 0 Å². The molecule has 1 aromatic heterocycles. The van der Waals surface area contributed by atoms with Gasteiger partial charge < -0.3 is 5.32 Å². The highest BCUT2D eigenvalue weighted by molar-refractivity contribution is 4.94. The van der Waals surface area contributed by atoms with Crippen LogP contribution < -0.4 is 5.32 Å². The first-order chi connectivity index (χ1) is 9.63. The van der Waals surface area contributed by atoms with Crippen molar-refractivity contribution in [1.82, 2.24) is 20.1 Å². The lowest BCUT2D eigenvalue weighted by atomic mass is 9.93. The second-order valence-corrected chi connectivity index (χ2v) is 6.70.